The first-order valence-electron chi connectivity index (χ1n) is 6.64. The van der Waals surface area contributed by atoms with Crippen molar-refractivity contribution in [3.05, 3.63) is 57.5 Å². The highest BCUT2D eigenvalue weighted by atomic mass is 79.9. The van der Waals surface area contributed by atoms with E-state index in [1.165, 1.54) is 17.3 Å². The molecule has 6 heteroatoms. The summed E-state index contributed by atoms with van der Waals surface area (Å²) >= 11 is 10.7. The van der Waals surface area contributed by atoms with Crippen LogP contribution in [0.25, 0.3) is 0 Å². The van der Waals surface area contributed by atoms with E-state index in [-0.39, 0.29) is 5.91 Å². The van der Waals surface area contributed by atoms with Gasteiger partial charge in [-0.1, -0.05) is 27.5 Å². The van der Waals surface area contributed by atoms with Gasteiger partial charge in [-0.2, -0.15) is 0 Å². The van der Waals surface area contributed by atoms with Crippen LogP contribution in [0.5, 0.6) is 0 Å². The van der Waals surface area contributed by atoms with E-state index in [4.69, 9.17) is 11.6 Å². The maximum absolute atomic E-state index is 12.0. The van der Waals surface area contributed by atoms with Gasteiger partial charge < -0.3 is 5.32 Å². The summed E-state index contributed by atoms with van der Waals surface area (Å²) < 4.78 is 1.05. The van der Waals surface area contributed by atoms with Crippen molar-refractivity contribution in [1.82, 2.24) is 0 Å². The highest BCUT2D eigenvalue weighted by Crippen LogP contribution is 2.32. The number of nitrogens with zero attached hydrogens (tertiary/aromatic N) is 1. The van der Waals surface area contributed by atoms with Gasteiger partial charge in [0.05, 0.1) is 16.5 Å². The number of carbonyl (C=O) groups excluding carboxylic acids is 1. The minimum atomic E-state index is -0.0489. The molecule has 1 N–H and O–H groups in total. The Bertz CT molecular complexity index is 746. The fraction of sp³-hybridized carbons (Fsp3) is 0.125. The largest absolute Gasteiger partial charge is 0.325 e. The third kappa shape index (κ3) is 3.91. The van der Waals surface area contributed by atoms with Gasteiger partial charge in [-0.3, -0.25) is 4.79 Å². The molecule has 0 spiro atoms. The standard InChI is InChI=1S/C16H12BrClN2OS/c17-11-1-6-14-10(7-11)8-16(20-14)22-9-15(21)19-13-4-2-12(18)3-5-13/h1-7H,8-9H2,(H,19,21). The highest BCUT2D eigenvalue weighted by molar-refractivity contribution is 9.10. The number of nitrogens with one attached hydrogen (secondary N) is 1. The molecule has 0 aliphatic carbocycles. The zero-order chi connectivity index (χ0) is 15.5. The van der Waals surface area contributed by atoms with Gasteiger partial charge in [0.25, 0.3) is 0 Å². The normalized spacial score (nSPS) is 12.7. The fourth-order valence-corrected chi connectivity index (χ4v) is 3.43. The average molecular weight is 396 g/mol. The highest BCUT2D eigenvalue weighted by Gasteiger charge is 2.16. The predicted molar refractivity (Wildman–Crippen MR) is 97.5 cm³/mol. The number of benzene rings is 2. The van der Waals surface area contributed by atoms with Crippen LogP contribution in [-0.2, 0) is 11.2 Å². The van der Waals surface area contributed by atoms with Crippen LogP contribution in [0.3, 0.4) is 0 Å². The van der Waals surface area contributed by atoms with Crippen molar-refractivity contribution < 1.29 is 4.79 Å². The molecule has 0 atom stereocenters. The predicted octanol–water partition coefficient (Wildman–Crippen LogP) is 5.06. The maximum atomic E-state index is 12.0. The minimum absolute atomic E-state index is 0.0489. The topological polar surface area (TPSA) is 41.5 Å². The minimum Gasteiger partial charge on any atom is -0.325 e. The molecule has 0 fully saturated rings. The summed E-state index contributed by atoms with van der Waals surface area (Å²) in [6.45, 7) is 0. The van der Waals surface area contributed by atoms with Gasteiger partial charge >= 0.3 is 0 Å². The number of hydrogen-bond acceptors (Lipinski definition) is 3. The molecule has 0 unspecified atom stereocenters. The quantitative estimate of drug-likeness (QED) is 0.789. The van der Waals surface area contributed by atoms with Gasteiger partial charge in [-0.25, -0.2) is 4.99 Å². The third-order valence-electron chi connectivity index (χ3n) is 3.13. The summed E-state index contributed by atoms with van der Waals surface area (Å²) in [4.78, 5) is 16.5. The zero-order valence-corrected chi connectivity index (χ0v) is 14.6. The van der Waals surface area contributed by atoms with Crippen LogP contribution in [-0.4, -0.2) is 16.7 Å². The first kappa shape index (κ1) is 15.6. The Morgan fingerprint density at radius 3 is 2.82 bits per heavy atom. The number of hydrogen-bond donors (Lipinski definition) is 1. The first-order valence-corrected chi connectivity index (χ1v) is 8.80. The first-order chi connectivity index (χ1) is 10.6. The van der Waals surface area contributed by atoms with E-state index in [1.54, 1.807) is 24.3 Å². The summed E-state index contributed by atoms with van der Waals surface area (Å²) in [5.74, 6) is 0.295. The Kier molecular flexibility index (Phi) is 4.86. The van der Waals surface area contributed by atoms with Crippen molar-refractivity contribution in [2.75, 3.05) is 11.1 Å². The number of amides is 1. The second kappa shape index (κ2) is 6.86. The molecule has 112 valence electrons. The molecule has 0 radical (unpaired) electrons. The van der Waals surface area contributed by atoms with E-state index >= 15 is 0 Å². The van der Waals surface area contributed by atoms with E-state index in [9.17, 15) is 4.79 Å². The number of fused-ring (bicyclic) bond motifs is 1. The summed E-state index contributed by atoms with van der Waals surface area (Å²) in [5.41, 5.74) is 2.93. The number of anilines is 1. The molecule has 1 aliphatic rings. The van der Waals surface area contributed by atoms with Gasteiger partial charge in [0.1, 0.15) is 0 Å². The number of halogens is 2. The molecule has 2 aromatic carbocycles. The maximum Gasteiger partial charge on any atom is 0.234 e. The lowest BCUT2D eigenvalue weighted by atomic mass is 10.2. The van der Waals surface area contributed by atoms with Gasteiger partial charge in [0, 0.05) is 21.6 Å². The van der Waals surface area contributed by atoms with Crippen LogP contribution < -0.4 is 5.32 Å². The van der Waals surface area contributed by atoms with Gasteiger partial charge in [0.15, 0.2) is 0 Å². The molecule has 22 heavy (non-hydrogen) atoms. The summed E-state index contributed by atoms with van der Waals surface area (Å²) in [6.07, 6.45) is 0.785. The second-order valence-corrected chi connectivity index (χ2v) is 7.20. The third-order valence-corrected chi connectivity index (χ3v) is 4.85. The average Bonchev–Trinajstić information content (AvgIpc) is 2.89. The molecule has 2 aromatic rings. The molecule has 0 bridgehead atoms. The number of thioether (sulfide) groups is 1. The Balaban J connectivity index is 1.53. The summed E-state index contributed by atoms with van der Waals surface area (Å²) in [7, 11) is 0. The summed E-state index contributed by atoms with van der Waals surface area (Å²) in [6, 6.07) is 13.1. The molecular formula is C16H12BrClN2OS. The Hall–Kier alpha value is -1.30. The monoisotopic (exact) mass is 394 g/mol. The fourth-order valence-electron chi connectivity index (χ4n) is 2.10. The number of carbonyl (C=O) groups is 1. The Morgan fingerprint density at radius 1 is 1.27 bits per heavy atom. The van der Waals surface area contributed by atoms with Crippen LogP contribution in [0.15, 0.2) is 51.9 Å². The molecule has 0 saturated heterocycles. The van der Waals surface area contributed by atoms with Gasteiger partial charge in [-0.15, -0.1) is 11.8 Å². The Morgan fingerprint density at radius 2 is 2.05 bits per heavy atom. The lowest BCUT2D eigenvalue weighted by Crippen LogP contribution is -2.15. The van der Waals surface area contributed by atoms with Crippen LogP contribution >= 0.6 is 39.3 Å². The molecule has 3 nitrogen and oxygen atoms in total. The van der Waals surface area contributed by atoms with E-state index in [1.807, 2.05) is 12.1 Å². The molecule has 1 heterocycles. The van der Waals surface area contributed by atoms with Crippen molar-refractivity contribution in [3.63, 3.8) is 0 Å². The molecule has 3 rings (SSSR count). The van der Waals surface area contributed by atoms with Crippen LogP contribution in [0.2, 0.25) is 5.02 Å². The van der Waals surface area contributed by atoms with E-state index < -0.39 is 0 Å². The number of rotatable bonds is 3. The molecular weight excluding hydrogens is 384 g/mol. The lowest BCUT2D eigenvalue weighted by molar-refractivity contribution is -0.113. The summed E-state index contributed by atoms with van der Waals surface area (Å²) in [5, 5.41) is 4.46. The van der Waals surface area contributed by atoms with Crippen LogP contribution in [0, 0.1) is 0 Å². The van der Waals surface area contributed by atoms with Gasteiger partial charge in [0.2, 0.25) is 5.91 Å². The van der Waals surface area contributed by atoms with Crippen LogP contribution in [0.1, 0.15) is 5.56 Å². The Labute approximate surface area is 146 Å². The molecule has 0 aromatic heterocycles. The van der Waals surface area contributed by atoms with Crippen molar-refractivity contribution in [3.8, 4) is 0 Å². The van der Waals surface area contributed by atoms with Crippen molar-refractivity contribution >= 4 is 61.6 Å². The molecule has 1 aliphatic heterocycles. The van der Waals surface area contributed by atoms with Crippen molar-refractivity contribution in [2.24, 2.45) is 4.99 Å². The van der Waals surface area contributed by atoms with Crippen LogP contribution in [0.4, 0.5) is 11.4 Å². The van der Waals surface area contributed by atoms with E-state index in [0.717, 1.165) is 27.3 Å². The van der Waals surface area contributed by atoms with E-state index in [0.29, 0.717) is 10.8 Å². The van der Waals surface area contributed by atoms with E-state index in [2.05, 4.69) is 32.3 Å². The van der Waals surface area contributed by atoms with Crippen molar-refractivity contribution in [2.45, 2.75) is 6.42 Å². The zero-order valence-electron chi connectivity index (χ0n) is 11.5. The van der Waals surface area contributed by atoms with Crippen molar-refractivity contribution in [1.29, 1.82) is 0 Å². The molecule has 1 amide bonds. The lowest BCUT2D eigenvalue weighted by Gasteiger charge is -2.05. The molecule has 0 saturated carbocycles. The van der Waals surface area contributed by atoms with Gasteiger partial charge in [-0.05, 0) is 48.0 Å². The number of aliphatic imine (C=N–C) groups is 1. The second-order valence-electron chi connectivity index (χ2n) is 4.80. The SMILES string of the molecule is O=C(CSC1=Nc2ccc(Br)cc2C1)Nc1ccc(Cl)cc1. The smallest absolute Gasteiger partial charge is 0.234 e.